The molecule has 0 saturated carbocycles. The molecule has 0 unspecified atom stereocenters. The van der Waals surface area contributed by atoms with Gasteiger partial charge < -0.3 is 20.6 Å². The van der Waals surface area contributed by atoms with E-state index < -0.39 is 24.2 Å². The van der Waals surface area contributed by atoms with Crippen LogP contribution in [0.3, 0.4) is 0 Å². The maximum atomic E-state index is 12.4. The van der Waals surface area contributed by atoms with Crippen LogP contribution in [0.4, 0.5) is 0 Å². The Morgan fingerprint density at radius 3 is 1.10 bits per heavy atom. The monoisotopic (exact) mass is 584 g/mol. The predicted molar refractivity (Wildman–Crippen MR) is 176 cm³/mol. The summed E-state index contributed by atoms with van der Waals surface area (Å²) >= 11 is 0. The lowest BCUT2D eigenvalue weighted by Gasteiger charge is -2.23. The average molecular weight is 584 g/mol. The Balaban J connectivity index is 3.66. The molecule has 0 rings (SSSR count). The van der Waals surface area contributed by atoms with Gasteiger partial charge in [-0.05, 0) is 12.8 Å². The molecular formula is C36H73NO4. The normalized spacial score (nSPS) is 13.8. The number of carbonyl (C=O) groups is 1. The third-order valence-corrected chi connectivity index (χ3v) is 8.73. The Labute approximate surface area is 256 Å². The molecule has 246 valence electrons. The molecule has 0 aromatic rings. The van der Waals surface area contributed by atoms with E-state index >= 15 is 0 Å². The molecule has 0 spiro atoms. The molecule has 0 aliphatic heterocycles. The molecule has 0 radical (unpaired) electrons. The minimum absolute atomic E-state index is 0.309. The van der Waals surface area contributed by atoms with Gasteiger partial charge in [-0.2, -0.15) is 0 Å². The van der Waals surface area contributed by atoms with Gasteiger partial charge in [0.2, 0.25) is 5.91 Å². The molecule has 0 aromatic heterocycles. The second kappa shape index (κ2) is 32.3. The zero-order valence-electron chi connectivity index (χ0n) is 27.7. The van der Waals surface area contributed by atoms with Crippen molar-refractivity contribution in [1.29, 1.82) is 0 Å². The summed E-state index contributed by atoms with van der Waals surface area (Å²) in [5.41, 5.74) is 0. The van der Waals surface area contributed by atoms with Crippen molar-refractivity contribution in [3.8, 4) is 0 Å². The van der Waals surface area contributed by atoms with E-state index in [9.17, 15) is 20.1 Å². The van der Waals surface area contributed by atoms with Gasteiger partial charge in [0.05, 0.1) is 18.8 Å². The lowest BCUT2D eigenvalue weighted by atomic mass is 10.0. The second-order valence-corrected chi connectivity index (χ2v) is 12.8. The molecule has 0 heterocycles. The Morgan fingerprint density at radius 2 is 0.780 bits per heavy atom. The first-order valence-electron chi connectivity index (χ1n) is 18.3. The molecule has 1 amide bonds. The Hall–Kier alpha value is -0.650. The fraction of sp³-hybridized carbons (Fsp3) is 0.972. The molecule has 0 aliphatic rings. The maximum Gasteiger partial charge on any atom is 0.249 e. The van der Waals surface area contributed by atoms with Crippen molar-refractivity contribution in [3.05, 3.63) is 0 Å². The van der Waals surface area contributed by atoms with E-state index in [1.54, 1.807) is 0 Å². The van der Waals surface area contributed by atoms with Crippen molar-refractivity contribution in [3.63, 3.8) is 0 Å². The van der Waals surface area contributed by atoms with Gasteiger partial charge in [0.15, 0.2) is 0 Å². The van der Waals surface area contributed by atoms with Crippen LogP contribution >= 0.6 is 0 Å². The highest BCUT2D eigenvalue weighted by Gasteiger charge is 2.23. The van der Waals surface area contributed by atoms with Gasteiger partial charge in [-0.15, -0.1) is 0 Å². The first-order valence-corrected chi connectivity index (χ1v) is 18.3. The van der Waals surface area contributed by atoms with Crippen molar-refractivity contribution in [1.82, 2.24) is 5.32 Å². The standard InChI is InChI=1S/C36H73NO4/c1-3-5-7-9-11-13-15-17-19-21-23-25-27-29-31-35(40)36(41)37-33(32-38)34(39)30-28-26-24-22-20-18-16-14-12-10-8-6-4-2/h33-35,38-40H,3-32H2,1-2H3,(H,37,41)/t33-,34+,35+/m0/s1. The van der Waals surface area contributed by atoms with E-state index in [1.807, 2.05) is 0 Å². The number of carbonyl (C=O) groups excluding carboxylic acids is 1. The zero-order chi connectivity index (χ0) is 30.2. The van der Waals surface area contributed by atoms with E-state index in [1.165, 1.54) is 141 Å². The zero-order valence-corrected chi connectivity index (χ0v) is 27.7. The van der Waals surface area contributed by atoms with Gasteiger partial charge in [0.1, 0.15) is 6.10 Å². The van der Waals surface area contributed by atoms with Gasteiger partial charge >= 0.3 is 0 Å². The molecule has 0 saturated heterocycles. The number of amides is 1. The molecule has 4 N–H and O–H groups in total. The largest absolute Gasteiger partial charge is 0.394 e. The van der Waals surface area contributed by atoms with Crippen LogP contribution < -0.4 is 5.32 Å². The number of aliphatic hydroxyl groups is 3. The molecule has 0 fully saturated rings. The summed E-state index contributed by atoms with van der Waals surface area (Å²) in [7, 11) is 0. The highest BCUT2D eigenvalue weighted by molar-refractivity contribution is 5.80. The van der Waals surface area contributed by atoms with Crippen LogP contribution in [0.25, 0.3) is 0 Å². The Morgan fingerprint density at radius 1 is 0.488 bits per heavy atom. The number of unbranched alkanes of at least 4 members (excludes halogenated alkanes) is 25. The second-order valence-electron chi connectivity index (χ2n) is 12.8. The van der Waals surface area contributed by atoms with Gasteiger partial charge in [0.25, 0.3) is 0 Å². The Bertz CT molecular complexity index is 530. The molecular weight excluding hydrogens is 510 g/mol. The van der Waals surface area contributed by atoms with Crippen molar-refractivity contribution in [2.24, 2.45) is 0 Å². The first kappa shape index (κ1) is 40.4. The molecule has 41 heavy (non-hydrogen) atoms. The quantitative estimate of drug-likeness (QED) is 0.0579. The van der Waals surface area contributed by atoms with Gasteiger partial charge in [0, 0.05) is 0 Å². The van der Waals surface area contributed by atoms with Crippen LogP contribution in [0.5, 0.6) is 0 Å². The third kappa shape index (κ3) is 27.9. The highest BCUT2D eigenvalue weighted by atomic mass is 16.3. The number of hydrogen-bond donors (Lipinski definition) is 4. The highest BCUT2D eigenvalue weighted by Crippen LogP contribution is 2.16. The smallest absolute Gasteiger partial charge is 0.249 e. The SMILES string of the molecule is CCCCCCCCCCCCCCCC[C@@H](O)C(=O)N[C@@H](CO)[C@H](O)CCCCCCCCCCCCCCC. The van der Waals surface area contributed by atoms with Crippen LogP contribution in [0, 0.1) is 0 Å². The number of aliphatic hydroxyl groups excluding tert-OH is 3. The minimum atomic E-state index is -1.06. The fourth-order valence-electron chi connectivity index (χ4n) is 5.78. The lowest BCUT2D eigenvalue weighted by molar-refractivity contribution is -0.131. The first-order chi connectivity index (χ1) is 20.1. The van der Waals surface area contributed by atoms with Gasteiger partial charge in [-0.25, -0.2) is 0 Å². The van der Waals surface area contributed by atoms with Crippen molar-refractivity contribution in [2.45, 2.75) is 218 Å². The summed E-state index contributed by atoms with van der Waals surface area (Å²) in [6, 6.07) is -0.703. The number of rotatable bonds is 33. The van der Waals surface area contributed by atoms with Crippen molar-refractivity contribution >= 4 is 5.91 Å². The molecule has 0 aliphatic carbocycles. The van der Waals surface area contributed by atoms with E-state index in [0.29, 0.717) is 12.8 Å². The van der Waals surface area contributed by atoms with Crippen LogP contribution in [0.1, 0.15) is 200 Å². The lowest BCUT2D eigenvalue weighted by Crippen LogP contribution is -2.49. The van der Waals surface area contributed by atoms with E-state index in [4.69, 9.17) is 0 Å². The molecule has 0 bridgehead atoms. The van der Waals surface area contributed by atoms with Crippen LogP contribution in [-0.4, -0.2) is 46.1 Å². The summed E-state index contributed by atoms with van der Waals surface area (Å²) in [5.74, 6) is -0.469. The number of nitrogens with one attached hydrogen (secondary N) is 1. The predicted octanol–water partition coefficient (Wildman–Crippen LogP) is 9.54. The molecule has 5 heteroatoms. The van der Waals surface area contributed by atoms with Crippen LogP contribution in [0.2, 0.25) is 0 Å². The van der Waals surface area contributed by atoms with E-state index in [0.717, 1.165) is 32.1 Å². The Kier molecular flexibility index (Phi) is 31.8. The molecule has 0 aromatic carbocycles. The van der Waals surface area contributed by atoms with Gasteiger partial charge in [-0.1, -0.05) is 187 Å². The number of hydrogen-bond acceptors (Lipinski definition) is 4. The topological polar surface area (TPSA) is 89.8 Å². The van der Waals surface area contributed by atoms with Gasteiger partial charge in [-0.3, -0.25) is 4.79 Å². The third-order valence-electron chi connectivity index (χ3n) is 8.73. The summed E-state index contributed by atoms with van der Waals surface area (Å²) in [5, 5.41) is 33.1. The minimum Gasteiger partial charge on any atom is -0.394 e. The van der Waals surface area contributed by atoms with E-state index in [-0.39, 0.29) is 6.61 Å². The summed E-state index contributed by atoms with van der Waals surface area (Å²) < 4.78 is 0. The molecule has 3 atom stereocenters. The summed E-state index contributed by atoms with van der Waals surface area (Å²) in [6.45, 7) is 4.22. The van der Waals surface area contributed by atoms with Crippen LogP contribution in [-0.2, 0) is 4.79 Å². The fourth-order valence-corrected chi connectivity index (χ4v) is 5.78. The maximum absolute atomic E-state index is 12.4. The van der Waals surface area contributed by atoms with E-state index in [2.05, 4.69) is 19.2 Å². The van der Waals surface area contributed by atoms with Crippen molar-refractivity contribution < 1.29 is 20.1 Å². The van der Waals surface area contributed by atoms with Crippen LogP contribution in [0.15, 0.2) is 0 Å². The molecule has 5 nitrogen and oxygen atoms in total. The average Bonchev–Trinajstić information content (AvgIpc) is 2.98. The summed E-state index contributed by atoms with van der Waals surface area (Å²) in [6.07, 6.45) is 33.6. The van der Waals surface area contributed by atoms with Crippen molar-refractivity contribution in [2.75, 3.05) is 6.61 Å². The summed E-state index contributed by atoms with van der Waals surface area (Å²) in [4.78, 5) is 12.4.